The molecule has 2 N–H and O–H groups in total. The Labute approximate surface area is 142 Å². The number of thiophene rings is 1. The van der Waals surface area contributed by atoms with Gasteiger partial charge in [-0.05, 0) is 35.7 Å². The molecule has 1 amide bonds. The Morgan fingerprint density at radius 3 is 2.83 bits per heavy atom. The number of benzene rings is 1. The second-order valence-corrected chi connectivity index (χ2v) is 6.43. The number of hydrogen-bond acceptors (Lipinski definition) is 4. The number of hydrogen-bond donors (Lipinski definition) is 2. The van der Waals surface area contributed by atoms with Gasteiger partial charge in [-0.1, -0.05) is 6.07 Å². The summed E-state index contributed by atoms with van der Waals surface area (Å²) in [5.74, 6) is 0.132. The van der Waals surface area contributed by atoms with Crippen molar-refractivity contribution in [3.63, 3.8) is 0 Å². The predicted molar refractivity (Wildman–Crippen MR) is 90.3 cm³/mol. The Morgan fingerprint density at radius 1 is 1.33 bits per heavy atom. The van der Waals surface area contributed by atoms with Gasteiger partial charge in [0.1, 0.15) is 24.3 Å². The zero-order valence-electron chi connectivity index (χ0n) is 13.1. The minimum absolute atomic E-state index is 0.138. The van der Waals surface area contributed by atoms with Gasteiger partial charge in [0.2, 0.25) is 5.89 Å². The van der Waals surface area contributed by atoms with Crippen molar-refractivity contribution in [2.75, 3.05) is 18.9 Å². The number of quaternary nitrogens is 1. The normalized spacial score (nSPS) is 12.1. The lowest BCUT2D eigenvalue weighted by Gasteiger charge is -2.12. The summed E-state index contributed by atoms with van der Waals surface area (Å²) >= 11 is 1.57. The number of anilines is 1. The molecule has 5 nitrogen and oxygen atoms in total. The van der Waals surface area contributed by atoms with Gasteiger partial charge in [0.25, 0.3) is 5.91 Å². The smallest absolute Gasteiger partial charge is 0.279 e. The van der Waals surface area contributed by atoms with E-state index in [4.69, 9.17) is 4.42 Å². The largest absolute Gasteiger partial charge is 0.443 e. The average molecular weight is 346 g/mol. The number of aromatic nitrogens is 1. The van der Waals surface area contributed by atoms with Gasteiger partial charge in [0, 0.05) is 5.69 Å². The molecular formula is C17H17FN3O2S+. The van der Waals surface area contributed by atoms with Gasteiger partial charge >= 0.3 is 0 Å². The first kappa shape index (κ1) is 16.4. The lowest BCUT2D eigenvalue weighted by Crippen LogP contribution is -3.08. The molecule has 0 fully saturated rings. The van der Waals surface area contributed by atoms with Gasteiger partial charge in [-0.25, -0.2) is 9.37 Å². The maximum atomic E-state index is 12.8. The molecule has 7 heteroatoms. The zero-order chi connectivity index (χ0) is 16.9. The predicted octanol–water partition coefficient (Wildman–Crippen LogP) is 2.20. The van der Waals surface area contributed by atoms with E-state index in [1.807, 2.05) is 24.6 Å². The van der Waals surface area contributed by atoms with E-state index in [0.29, 0.717) is 18.1 Å². The molecule has 3 rings (SSSR count). The first-order valence-electron chi connectivity index (χ1n) is 7.45. The van der Waals surface area contributed by atoms with Crippen LogP contribution in [0.4, 0.5) is 10.1 Å². The SMILES string of the molecule is C[NH+](CC(=O)Nc1ccc(F)cc1)Cc1coc(-c2cccs2)n1. The summed E-state index contributed by atoms with van der Waals surface area (Å²) in [7, 11) is 1.91. The number of amides is 1. The van der Waals surface area contributed by atoms with E-state index >= 15 is 0 Å². The maximum absolute atomic E-state index is 12.8. The second kappa shape index (κ2) is 7.37. The van der Waals surface area contributed by atoms with Crippen LogP contribution < -0.4 is 10.2 Å². The van der Waals surface area contributed by atoms with Crippen LogP contribution in [0.25, 0.3) is 10.8 Å². The fraction of sp³-hybridized carbons (Fsp3) is 0.176. The molecule has 0 bridgehead atoms. The summed E-state index contributed by atoms with van der Waals surface area (Å²) in [5.41, 5.74) is 1.38. The molecule has 24 heavy (non-hydrogen) atoms. The van der Waals surface area contributed by atoms with Gasteiger partial charge < -0.3 is 14.6 Å². The molecule has 1 atom stereocenters. The monoisotopic (exact) mass is 346 g/mol. The van der Waals surface area contributed by atoms with Crippen molar-refractivity contribution in [2.45, 2.75) is 6.54 Å². The Bertz CT molecular complexity index is 800. The highest BCUT2D eigenvalue weighted by molar-refractivity contribution is 7.13. The third-order valence-corrected chi connectivity index (χ3v) is 4.21. The topological polar surface area (TPSA) is 59.6 Å². The van der Waals surface area contributed by atoms with Crippen LogP contribution in [0.15, 0.2) is 52.5 Å². The minimum atomic E-state index is -0.330. The Kier molecular flexibility index (Phi) is 5.02. The van der Waals surface area contributed by atoms with Crippen LogP contribution in [0.2, 0.25) is 0 Å². The number of carbonyl (C=O) groups excluding carboxylic acids is 1. The molecule has 3 aromatic rings. The van der Waals surface area contributed by atoms with Crippen molar-refractivity contribution in [1.29, 1.82) is 0 Å². The molecule has 0 radical (unpaired) electrons. The van der Waals surface area contributed by atoms with Crippen molar-refractivity contribution >= 4 is 22.9 Å². The summed E-state index contributed by atoms with van der Waals surface area (Å²) in [4.78, 5) is 18.4. The minimum Gasteiger partial charge on any atom is -0.443 e. The summed E-state index contributed by atoms with van der Waals surface area (Å²) < 4.78 is 18.3. The molecule has 0 spiro atoms. The summed E-state index contributed by atoms with van der Waals surface area (Å²) in [6, 6.07) is 9.59. The number of likely N-dealkylation sites (N-methyl/N-ethyl adjacent to an activating group) is 1. The molecule has 2 heterocycles. The standard InChI is InChI=1S/C17H16FN3O2S/c1-21(10-16(22)19-13-6-4-12(18)5-7-13)9-14-11-23-17(20-14)15-3-2-8-24-15/h2-8,11H,9-10H2,1H3,(H,19,22)/p+1. The third-order valence-electron chi connectivity index (χ3n) is 3.36. The van der Waals surface area contributed by atoms with Gasteiger partial charge in [0.05, 0.1) is 11.9 Å². The van der Waals surface area contributed by atoms with Gasteiger partial charge in [-0.15, -0.1) is 11.3 Å². The van der Waals surface area contributed by atoms with Gasteiger partial charge in [0.15, 0.2) is 6.54 Å². The highest BCUT2D eigenvalue weighted by atomic mass is 32.1. The van der Waals surface area contributed by atoms with Gasteiger partial charge in [-0.3, -0.25) is 4.79 Å². The molecule has 124 valence electrons. The molecule has 1 aromatic carbocycles. The Balaban J connectivity index is 1.52. The maximum Gasteiger partial charge on any atom is 0.279 e. The number of nitrogens with one attached hydrogen (secondary N) is 2. The summed E-state index contributed by atoms with van der Waals surface area (Å²) in [6.07, 6.45) is 1.62. The molecule has 0 saturated heterocycles. The fourth-order valence-electron chi connectivity index (χ4n) is 2.29. The average Bonchev–Trinajstić information content (AvgIpc) is 3.20. The van der Waals surface area contributed by atoms with Crippen molar-refractivity contribution in [1.82, 2.24) is 4.98 Å². The van der Waals surface area contributed by atoms with Crippen molar-refractivity contribution in [3.05, 3.63) is 59.6 Å². The van der Waals surface area contributed by atoms with E-state index in [2.05, 4.69) is 10.3 Å². The number of nitrogens with zero attached hydrogens (tertiary/aromatic N) is 1. The summed E-state index contributed by atoms with van der Waals surface area (Å²) in [6.45, 7) is 0.851. The zero-order valence-corrected chi connectivity index (χ0v) is 13.9. The van der Waals surface area contributed by atoms with Crippen LogP contribution in [0.1, 0.15) is 5.69 Å². The molecule has 1 unspecified atom stereocenters. The van der Waals surface area contributed by atoms with E-state index in [1.165, 1.54) is 24.3 Å². The van der Waals surface area contributed by atoms with Crippen LogP contribution >= 0.6 is 11.3 Å². The Morgan fingerprint density at radius 2 is 2.12 bits per heavy atom. The quantitative estimate of drug-likeness (QED) is 0.719. The van der Waals surface area contributed by atoms with E-state index in [9.17, 15) is 9.18 Å². The van der Waals surface area contributed by atoms with E-state index in [0.717, 1.165) is 15.5 Å². The highest BCUT2D eigenvalue weighted by Crippen LogP contribution is 2.23. The lowest BCUT2D eigenvalue weighted by atomic mass is 10.3. The molecular weight excluding hydrogens is 329 g/mol. The third kappa shape index (κ3) is 4.27. The number of carbonyl (C=O) groups is 1. The molecule has 0 aliphatic heterocycles. The molecule has 0 saturated carbocycles. The van der Waals surface area contributed by atoms with Crippen LogP contribution in [0.3, 0.4) is 0 Å². The first-order valence-corrected chi connectivity index (χ1v) is 8.33. The van der Waals surface area contributed by atoms with Crippen molar-refractivity contribution in [3.8, 4) is 10.8 Å². The number of rotatable bonds is 6. The fourth-order valence-corrected chi connectivity index (χ4v) is 2.94. The second-order valence-electron chi connectivity index (χ2n) is 5.49. The van der Waals surface area contributed by atoms with E-state index in [-0.39, 0.29) is 18.3 Å². The number of halogens is 1. The first-order chi connectivity index (χ1) is 11.6. The van der Waals surface area contributed by atoms with Gasteiger partial charge in [-0.2, -0.15) is 0 Å². The highest BCUT2D eigenvalue weighted by Gasteiger charge is 2.14. The molecule has 2 aromatic heterocycles. The van der Waals surface area contributed by atoms with Crippen LogP contribution in [-0.2, 0) is 11.3 Å². The molecule has 0 aliphatic rings. The van der Waals surface area contributed by atoms with E-state index in [1.54, 1.807) is 17.6 Å². The summed E-state index contributed by atoms with van der Waals surface area (Å²) in [5, 5.41) is 4.71. The van der Waals surface area contributed by atoms with Crippen LogP contribution in [-0.4, -0.2) is 24.5 Å². The lowest BCUT2D eigenvalue weighted by molar-refractivity contribution is -0.885. The Hall–Kier alpha value is -2.51. The van der Waals surface area contributed by atoms with Crippen molar-refractivity contribution in [2.24, 2.45) is 0 Å². The van der Waals surface area contributed by atoms with E-state index < -0.39 is 0 Å². The molecule has 0 aliphatic carbocycles. The number of oxazole rings is 1. The van der Waals surface area contributed by atoms with Crippen LogP contribution in [0.5, 0.6) is 0 Å². The van der Waals surface area contributed by atoms with Crippen LogP contribution in [0, 0.1) is 5.82 Å². The van der Waals surface area contributed by atoms with Crippen molar-refractivity contribution < 1.29 is 18.5 Å².